The fraction of sp³-hybridized carbons (Fsp3) is 0.208. The van der Waals surface area contributed by atoms with E-state index in [0.29, 0.717) is 28.3 Å². The number of hydrogen-bond acceptors (Lipinski definition) is 6. The first-order valence-corrected chi connectivity index (χ1v) is 10.1. The van der Waals surface area contributed by atoms with E-state index in [-0.39, 0.29) is 18.0 Å². The number of rotatable bonds is 3. The van der Waals surface area contributed by atoms with Gasteiger partial charge in [0.1, 0.15) is 24.2 Å². The Morgan fingerprint density at radius 1 is 1.27 bits per heavy atom. The molecule has 2 amide bonds. The van der Waals surface area contributed by atoms with Crippen LogP contribution in [0.25, 0.3) is 11.3 Å². The number of hydrogen-bond donors (Lipinski definition) is 1. The quantitative estimate of drug-likeness (QED) is 0.664. The van der Waals surface area contributed by atoms with Crippen molar-refractivity contribution < 1.29 is 18.7 Å². The molecule has 1 aromatic heterocycles. The maximum atomic E-state index is 14.5. The van der Waals surface area contributed by atoms with Crippen molar-refractivity contribution in [2.24, 2.45) is 0 Å². The average Bonchev–Trinajstić information content (AvgIpc) is 2.91. The lowest BCUT2D eigenvalue weighted by atomic mass is 10.1. The van der Waals surface area contributed by atoms with E-state index in [1.165, 1.54) is 23.2 Å². The lowest BCUT2D eigenvalue weighted by Crippen LogP contribution is -2.49. The highest BCUT2D eigenvalue weighted by atomic mass is 19.1. The Labute approximate surface area is 189 Å². The van der Waals surface area contributed by atoms with Crippen molar-refractivity contribution in [2.75, 3.05) is 18.6 Å². The molecular weight excluding hydrogens is 425 g/mol. The van der Waals surface area contributed by atoms with Gasteiger partial charge in [-0.1, -0.05) is 6.07 Å². The van der Waals surface area contributed by atoms with E-state index in [1.807, 2.05) is 6.07 Å². The van der Waals surface area contributed by atoms with E-state index in [2.05, 4.69) is 15.3 Å². The Bertz CT molecular complexity index is 1320. The highest BCUT2D eigenvalue weighted by molar-refractivity contribution is 6.02. The number of nitrogens with one attached hydrogen (secondary N) is 1. The SMILES string of the molecule is Cc1ccc(-c2nc(C(=O)NC3COc4cc(C#N)ccc4N(C)C3=O)ncc2C)c(F)c1. The number of benzene rings is 2. The zero-order chi connectivity index (χ0) is 23.7. The van der Waals surface area contributed by atoms with Crippen molar-refractivity contribution in [1.29, 1.82) is 5.26 Å². The molecule has 2 heterocycles. The Morgan fingerprint density at radius 2 is 2.06 bits per heavy atom. The number of anilines is 1. The van der Waals surface area contributed by atoms with Crippen LogP contribution < -0.4 is 15.0 Å². The predicted octanol–water partition coefficient (Wildman–Crippen LogP) is 2.93. The van der Waals surface area contributed by atoms with Gasteiger partial charge in [0.05, 0.1) is 23.0 Å². The summed E-state index contributed by atoms with van der Waals surface area (Å²) >= 11 is 0. The highest BCUT2D eigenvalue weighted by Gasteiger charge is 2.31. The topological polar surface area (TPSA) is 108 Å². The van der Waals surface area contributed by atoms with E-state index >= 15 is 0 Å². The number of ether oxygens (including phenoxy) is 1. The molecule has 0 saturated heterocycles. The number of carbonyl (C=O) groups is 2. The van der Waals surface area contributed by atoms with Crippen LogP contribution in [0.15, 0.2) is 42.6 Å². The number of nitrogens with zero attached hydrogens (tertiary/aromatic N) is 4. The first-order chi connectivity index (χ1) is 15.8. The molecule has 1 aliphatic rings. The van der Waals surface area contributed by atoms with E-state index in [4.69, 9.17) is 10.00 Å². The van der Waals surface area contributed by atoms with Gasteiger partial charge < -0.3 is 15.0 Å². The minimum absolute atomic E-state index is 0.137. The lowest BCUT2D eigenvalue weighted by Gasteiger charge is -2.20. The van der Waals surface area contributed by atoms with Crippen molar-refractivity contribution in [2.45, 2.75) is 19.9 Å². The third-order valence-electron chi connectivity index (χ3n) is 5.34. The molecule has 1 N–H and O–H groups in total. The maximum absolute atomic E-state index is 14.5. The van der Waals surface area contributed by atoms with Crippen LogP contribution in [0.5, 0.6) is 5.75 Å². The number of nitriles is 1. The standard InChI is InChI=1S/C24H20FN5O3/c1-13-4-6-16(17(25)8-13)21-14(2)11-27-22(29-21)23(31)28-18-12-33-20-9-15(10-26)5-7-19(20)30(3)24(18)32/h4-9,11,18H,12H2,1-3H3,(H,28,31). The number of carbonyl (C=O) groups excluding carboxylic acids is 2. The first kappa shape index (κ1) is 21.9. The van der Waals surface area contributed by atoms with Crippen molar-refractivity contribution in [3.8, 4) is 23.1 Å². The molecule has 33 heavy (non-hydrogen) atoms. The third kappa shape index (κ3) is 4.23. The fourth-order valence-corrected chi connectivity index (χ4v) is 3.54. The van der Waals surface area contributed by atoms with Gasteiger partial charge in [-0.05, 0) is 49.2 Å². The molecule has 9 heteroatoms. The van der Waals surface area contributed by atoms with Gasteiger partial charge in [0.15, 0.2) is 0 Å². The van der Waals surface area contributed by atoms with Crippen molar-refractivity contribution in [1.82, 2.24) is 15.3 Å². The molecule has 1 unspecified atom stereocenters. The second-order valence-electron chi connectivity index (χ2n) is 7.74. The lowest BCUT2D eigenvalue weighted by molar-refractivity contribution is -0.120. The summed E-state index contributed by atoms with van der Waals surface area (Å²) in [5.41, 5.74) is 2.79. The third-order valence-corrected chi connectivity index (χ3v) is 5.34. The fourth-order valence-electron chi connectivity index (χ4n) is 3.54. The van der Waals surface area contributed by atoms with Gasteiger partial charge in [-0.25, -0.2) is 14.4 Å². The van der Waals surface area contributed by atoms with E-state index in [9.17, 15) is 14.0 Å². The summed E-state index contributed by atoms with van der Waals surface area (Å²) in [5.74, 6) is -1.37. The van der Waals surface area contributed by atoms with Crippen LogP contribution in [0.1, 0.15) is 27.3 Å². The van der Waals surface area contributed by atoms with E-state index in [0.717, 1.165) is 5.56 Å². The molecule has 4 rings (SSSR count). The number of likely N-dealkylation sites (N-methyl/N-ethyl adjacent to an activating group) is 1. The number of amides is 2. The summed E-state index contributed by atoms with van der Waals surface area (Å²) in [6, 6.07) is 10.5. The van der Waals surface area contributed by atoms with Gasteiger partial charge in [0, 0.05) is 24.9 Å². The van der Waals surface area contributed by atoms with Gasteiger partial charge in [0.2, 0.25) is 5.82 Å². The molecule has 0 fully saturated rings. The molecule has 1 aliphatic heterocycles. The van der Waals surface area contributed by atoms with Crippen LogP contribution in [0, 0.1) is 31.0 Å². The van der Waals surface area contributed by atoms with Crippen LogP contribution in [0.4, 0.5) is 10.1 Å². The Balaban J connectivity index is 1.58. The molecule has 166 valence electrons. The van der Waals surface area contributed by atoms with Crippen molar-refractivity contribution >= 4 is 17.5 Å². The summed E-state index contributed by atoms with van der Waals surface area (Å²) in [6.45, 7) is 3.36. The molecular formula is C24H20FN5O3. The van der Waals surface area contributed by atoms with Gasteiger partial charge in [-0.15, -0.1) is 0 Å². The van der Waals surface area contributed by atoms with Crippen molar-refractivity contribution in [3.05, 3.63) is 70.9 Å². The Morgan fingerprint density at radius 3 is 2.79 bits per heavy atom. The van der Waals surface area contributed by atoms with Crippen LogP contribution in [-0.4, -0.2) is 41.5 Å². The molecule has 0 saturated carbocycles. The summed E-state index contributed by atoms with van der Waals surface area (Å²) in [6.07, 6.45) is 1.44. The second kappa shape index (κ2) is 8.67. The zero-order valence-corrected chi connectivity index (χ0v) is 18.2. The molecule has 0 spiro atoms. The largest absolute Gasteiger partial charge is 0.489 e. The van der Waals surface area contributed by atoms with Crippen LogP contribution in [0.3, 0.4) is 0 Å². The van der Waals surface area contributed by atoms with Crippen LogP contribution >= 0.6 is 0 Å². The maximum Gasteiger partial charge on any atom is 0.289 e. The zero-order valence-electron chi connectivity index (χ0n) is 18.2. The normalized spacial score (nSPS) is 15.2. The predicted molar refractivity (Wildman–Crippen MR) is 118 cm³/mol. The van der Waals surface area contributed by atoms with Crippen LogP contribution in [-0.2, 0) is 4.79 Å². The second-order valence-corrected chi connectivity index (χ2v) is 7.74. The van der Waals surface area contributed by atoms with Gasteiger partial charge >= 0.3 is 0 Å². The molecule has 2 aromatic carbocycles. The monoisotopic (exact) mass is 445 g/mol. The molecule has 0 aliphatic carbocycles. The molecule has 0 radical (unpaired) electrons. The van der Waals surface area contributed by atoms with E-state index < -0.39 is 23.7 Å². The summed E-state index contributed by atoms with van der Waals surface area (Å²) < 4.78 is 20.2. The molecule has 8 nitrogen and oxygen atoms in total. The molecule has 3 aromatic rings. The number of aromatic nitrogens is 2. The average molecular weight is 445 g/mol. The summed E-state index contributed by atoms with van der Waals surface area (Å²) in [7, 11) is 1.56. The van der Waals surface area contributed by atoms with Crippen molar-refractivity contribution in [3.63, 3.8) is 0 Å². The van der Waals surface area contributed by atoms with E-state index in [1.54, 1.807) is 45.2 Å². The van der Waals surface area contributed by atoms with Gasteiger partial charge in [-0.3, -0.25) is 9.59 Å². The highest BCUT2D eigenvalue weighted by Crippen LogP contribution is 2.31. The smallest absolute Gasteiger partial charge is 0.289 e. The molecule has 1 atom stereocenters. The first-order valence-electron chi connectivity index (χ1n) is 10.1. The Kier molecular flexibility index (Phi) is 5.75. The number of aryl methyl sites for hydroxylation is 2. The summed E-state index contributed by atoms with van der Waals surface area (Å²) in [5, 5.41) is 11.7. The van der Waals surface area contributed by atoms with Gasteiger partial charge in [0.25, 0.3) is 11.8 Å². The number of halogens is 1. The number of fused-ring (bicyclic) bond motifs is 1. The Hall–Kier alpha value is -4.32. The minimum Gasteiger partial charge on any atom is -0.489 e. The van der Waals surface area contributed by atoms with Gasteiger partial charge in [-0.2, -0.15) is 5.26 Å². The minimum atomic E-state index is -1.01. The van der Waals surface area contributed by atoms with Crippen LogP contribution in [0.2, 0.25) is 0 Å². The summed E-state index contributed by atoms with van der Waals surface area (Å²) in [4.78, 5) is 35.5. The molecule has 0 bridgehead atoms.